The van der Waals surface area contributed by atoms with Crippen molar-refractivity contribution in [2.24, 2.45) is 5.73 Å². The zero-order chi connectivity index (χ0) is 13.1. The number of sulfone groups is 1. The van der Waals surface area contributed by atoms with E-state index < -0.39 is 15.9 Å². The van der Waals surface area contributed by atoms with Gasteiger partial charge in [-0.1, -0.05) is 0 Å². The van der Waals surface area contributed by atoms with E-state index in [0.29, 0.717) is 0 Å². The zero-order valence-corrected chi connectivity index (χ0v) is 11.9. The lowest BCUT2D eigenvalue weighted by Crippen LogP contribution is -2.47. The highest BCUT2D eigenvalue weighted by Gasteiger charge is 2.27. The van der Waals surface area contributed by atoms with Gasteiger partial charge in [-0.15, -0.1) is 0 Å². The molecule has 17 heavy (non-hydrogen) atoms. The minimum atomic E-state index is -3.05. The van der Waals surface area contributed by atoms with Crippen LogP contribution in [0.3, 0.4) is 0 Å². The average Bonchev–Trinajstić information content (AvgIpc) is 2.76. The molecular formula is C10H20N2O3S2. The van der Waals surface area contributed by atoms with Gasteiger partial charge in [0.1, 0.15) is 9.84 Å². The molecule has 2 atom stereocenters. The standard InChI is InChI=1S/C10H20N2O3S2/c1-12(8-3-5-16-7-8)10(13)9(11)4-6-17(2,14)15/h8-9H,3-7,11H2,1-2H3. The summed E-state index contributed by atoms with van der Waals surface area (Å²) in [6.07, 6.45) is 2.34. The first-order valence-corrected chi connectivity index (χ1v) is 8.80. The molecule has 0 aromatic carbocycles. The summed E-state index contributed by atoms with van der Waals surface area (Å²) in [5.74, 6) is 1.83. The van der Waals surface area contributed by atoms with E-state index in [9.17, 15) is 13.2 Å². The minimum Gasteiger partial charge on any atom is -0.341 e. The summed E-state index contributed by atoms with van der Waals surface area (Å²) < 4.78 is 22.0. The molecule has 7 heteroatoms. The molecule has 0 aromatic heterocycles. The molecule has 1 amide bonds. The van der Waals surface area contributed by atoms with Gasteiger partial charge < -0.3 is 10.6 Å². The van der Waals surface area contributed by atoms with Crippen LogP contribution in [0.25, 0.3) is 0 Å². The Morgan fingerprint density at radius 3 is 2.71 bits per heavy atom. The third-order valence-corrected chi connectivity index (χ3v) is 5.04. The van der Waals surface area contributed by atoms with E-state index in [1.54, 1.807) is 11.9 Å². The molecule has 2 N–H and O–H groups in total. The molecule has 0 radical (unpaired) electrons. The monoisotopic (exact) mass is 280 g/mol. The zero-order valence-electron chi connectivity index (χ0n) is 10.3. The van der Waals surface area contributed by atoms with Crippen molar-refractivity contribution in [3.8, 4) is 0 Å². The van der Waals surface area contributed by atoms with E-state index in [1.165, 1.54) is 0 Å². The third kappa shape index (κ3) is 4.85. The highest BCUT2D eigenvalue weighted by molar-refractivity contribution is 7.99. The Morgan fingerprint density at radius 1 is 1.59 bits per heavy atom. The summed E-state index contributed by atoms with van der Waals surface area (Å²) in [4.78, 5) is 13.6. The molecule has 1 aliphatic heterocycles. The number of thioether (sulfide) groups is 1. The van der Waals surface area contributed by atoms with Gasteiger partial charge in [0, 0.05) is 25.1 Å². The number of amides is 1. The maximum Gasteiger partial charge on any atom is 0.239 e. The summed E-state index contributed by atoms with van der Waals surface area (Å²) in [5.41, 5.74) is 5.73. The van der Waals surface area contributed by atoms with Crippen LogP contribution >= 0.6 is 11.8 Å². The van der Waals surface area contributed by atoms with Crippen molar-refractivity contribution in [1.82, 2.24) is 4.90 Å². The highest BCUT2D eigenvalue weighted by Crippen LogP contribution is 2.21. The molecule has 1 rings (SSSR count). The van der Waals surface area contributed by atoms with Crippen LogP contribution in [0.2, 0.25) is 0 Å². The van der Waals surface area contributed by atoms with E-state index in [1.807, 2.05) is 11.8 Å². The van der Waals surface area contributed by atoms with Gasteiger partial charge in [0.05, 0.1) is 11.8 Å². The number of carbonyl (C=O) groups excluding carboxylic acids is 1. The summed E-state index contributed by atoms with van der Waals surface area (Å²) in [7, 11) is -1.30. The van der Waals surface area contributed by atoms with Gasteiger partial charge in [0.25, 0.3) is 0 Å². The Bertz CT molecular complexity index is 364. The van der Waals surface area contributed by atoms with Crippen LogP contribution in [-0.4, -0.2) is 61.9 Å². The molecule has 1 aliphatic rings. The lowest BCUT2D eigenvalue weighted by atomic mass is 10.1. The number of hydrogen-bond donors (Lipinski definition) is 1. The molecule has 1 heterocycles. The maximum atomic E-state index is 11.9. The van der Waals surface area contributed by atoms with Gasteiger partial charge in [-0.05, 0) is 18.6 Å². The fourth-order valence-electron chi connectivity index (χ4n) is 1.73. The van der Waals surface area contributed by atoms with Gasteiger partial charge >= 0.3 is 0 Å². The molecule has 100 valence electrons. The Kier molecular flexibility index (Phi) is 5.27. The first-order chi connectivity index (χ1) is 7.81. The SMILES string of the molecule is CN(C(=O)C(N)CCS(C)(=O)=O)C1CCSC1. The predicted octanol–water partition coefficient (Wildman–Crippen LogP) is -0.288. The van der Waals surface area contributed by atoms with Crippen LogP contribution in [-0.2, 0) is 14.6 Å². The van der Waals surface area contributed by atoms with Gasteiger partial charge in [0.2, 0.25) is 5.91 Å². The van der Waals surface area contributed by atoms with E-state index in [0.717, 1.165) is 24.2 Å². The van der Waals surface area contributed by atoms with Crippen molar-refractivity contribution in [2.45, 2.75) is 24.9 Å². The van der Waals surface area contributed by atoms with Crippen molar-refractivity contribution in [3.05, 3.63) is 0 Å². The smallest absolute Gasteiger partial charge is 0.239 e. The molecule has 0 saturated carbocycles. The largest absolute Gasteiger partial charge is 0.341 e. The van der Waals surface area contributed by atoms with E-state index in [2.05, 4.69) is 0 Å². The second-order valence-corrected chi connectivity index (χ2v) is 7.90. The Balaban J connectivity index is 2.45. The molecule has 2 unspecified atom stereocenters. The van der Waals surface area contributed by atoms with E-state index in [-0.39, 0.29) is 24.1 Å². The van der Waals surface area contributed by atoms with Crippen LogP contribution in [0.1, 0.15) is 12.8 Å². The maximum absolute atomic E-state index is 11.9. The number of nitrogens with two attached hydrogens (primary N) is 1. The molecule has 1 fully saturated rings. The predicted molar refractivity (Wildman–Crippen MR) is 70.8 cm³/mol. The van der Waals surface area contributed by atoms with Crippen LogP contribution < -0.4 is 5.73 Å². The Morgan fingerprint density at radius 2 is 2.24 bits per heavy atom. The molecule has 1 saturated heterocycles. The van der Waals surface area contributed by atoms with Crippen molar-refractivity contribution < 1.29 is 13.2 Å². The fraction of sp³-hybridized carbons (Fsp3) is 0.900. The first kappa shape index (κ1) is 14.8. The van der Waals surface area contributed by atoms with Crippen molar-refractivity contribution in [1.29, 1.82) is 0 Å². The summed E-state index contributed by atoms with van der Waals surface area (Å²) in [6.45, 7) is 0. The quantitative estimate of drug-likeness (QED) is 0.748. The van der Waals surface area contributed by atoms with Crippen molar-refractivity contribution in [2.75, 3.05) is 30.6 Å². The highest BCUT2D eigenvalue weighted by atomic mass is 32.2. The summed E-state index contributed by atoms with van der Waals surface area (Å²) in [6, 6.07) is -0.461. The second kappa shape index (κ2) is 6.06. The number of nitrogens with zero attached hydrogens (tertiary/aromatic N) is 1. The molecule has 5 nitrogen and oxygen atoms in total. The average molecular weight is 280 g/mol. The van der Waals surface area contributed by atoms with E-state index in [4.69, 9.17) is 5.73 Å². The van der Waals surface area contributed by atoms with Crippen LogP contribution in [0, 0.1) is 0 Å². The topological polar surface area (TPSA) is 80.5 Å². The normalized spacial score (nSPS) is 22.4. The second-order valence-electron chi connectivity index (χ2n) is 4.49. The molecule has 0 spiro atoms. The van der Waals surface area contributed by atoms with Crippen molar-refractivity contribution in [3.63, 3.8) is 0 Å². The molecular weight excluding hydrogens is 260 g/mol. The number of hydrogen-bond acceptors (Lipinski definition) is 5. The molecule has 0 aromatic rings. The van der Waals surface area contributed by atoms with Gasteiger partial charge in [-0.3, -0.25) is 4.79 Å². The number of rotatable bonds is 5. The molecule has 0 bridgehead atoms. The Hall–Kier alpha value is -0.270. The number of likely N-dealkylation sites (N-methyl/N-ethyl adjacent to an activating group) is 1. The third-order valence-electron chi connectivity index (χ3n) is 2.92. The Labute approximate surface area is 107 Å². The summed E-state index contributed by atoms with van der Waals surface area (Å²) >= 11 is 1.83. The van der Waals surface area contributed by atoms with Crippen LogP contribution in [0.4, 0.5) is 0 Å². The van der Waals surface area contributed by atoms with Crippen LogP contribution in [0.5, 0.6) is 0 Å². The first-order valence-electron chi connectivity index (χ1n) is 5.59. The van der Waals surface area contributed by atoms with Gasteiger partial charge in [0.15, 0.2) is 0 Å². The van der Waals surface area contributed by atoms with Crippen LogP contribution in [0.15, 0.2) is 0 Å². The lowest BCUT2D eigenvalue weighted by molar-refractivity contribution is -0.132. The number of carbonyl (C=O) groups is 1. The summed E-state index contributed by atoms with van der Waals surface area (Å²) in [5, 5.41) is 0. The molecule has 0 aliphatic carbocycles. The van der Waals surface area contributed by atoms with Gasteiger partial charge in [-0.2, -0.15) is 11.8 Å². The fourth-order valence-corrected chi connectivity index (χ4v) is 3.68. The minimum absolute atomic E-state index is 0.0346. The van der Waals surface area contributed by atoms with Crippen molar-refractivity contribution >= 4 is 27.5 Å². The van der Waals surface area contributed by atoms with E-state index >= 15 is 0 Å². The van der Waals surface area contributed by atoms with Gasteiger partial charge in [-0.25, -0.2) is 8.42 Å². The lowest BCUT2D eigenvalue weighted by Gasteiger charge is -2.26.